The first-order valence-corrected chi connectivity index (χ1v) is 15.9. The lowest BCUT2D eigenvalue weighted by molar-refractivity contribution is 0.667. The van der Waals surface area contributed by atoms with Gasteiger partial charge in [-0.25, -0.2) is 0 Å². The number of aryl methyl sites for hydroxylation is 1. The van der Waals surface area contributed by atoms with Gasteiger partial charge in [0.25, 0.3) is 0 Å². The fourth-order valence-corrected chi connectivity index (χ4v) is 7.18. The molecule has 7 rings (SSSR count). The van der Waals surface area contributed by atoms with Crippen LogP contribution in [0.1, 0.15) is 24.1 Å². The first-order valence-electron chi connectivity index (χ1n) is 12.9. The molecule has 1 aliphatic rings. The SMILES string of the molecule is C[Si]c1ccc(-n2c3c(c4ccc5c6ccccc6n(-c6ccc([Si]C)cc6)c5c42)CCCC3)cc1. The molecule has 1 aliphatic carbocycles. The van der Waals surface area contributed by atoms with Crippen LogP contribution in [-0.4, -0.2) is 28.2 Å². The van der Waals surface area contributed by atoms with E-state index in [0.717, 1.165) is 25.5 Å². The van der Waals surface area contributed by atoms with E-state index < -0.39 is 0 Å². The molecule has 0 saturated carbocycles. The zero-order chi connectivity index (χ0) is 24.2. The van der Waals surface area contributed by atoms with Crippen LogP contribution < -0.4 is 10.4 Å². The van der Waals surface area contributed by atoms with Crippen molar-refractivity contribution in [2.45, 2.75) is 38.8 Å². The van der Waals surface area contributed by atoms with E-state index >= 15 is 0 Å². The first-order chi connectivity index (χ1) is 17.8. The van der Waals surface area contributed by atoms with Crippen LogP contribution >= 0.6 is 0 Å². The number of benzene rings is 4. The molecule has 4 heteroatoms. The minimum Gasteiger partial charge on any atom is -0.311 e. The van der Waals surface area contributed by atoms with Crippen molar-refractivity contribution < 1.29 is 0 Å². The van der Waals surface area contributed by atoms with Crippen molar-refractivity contribution in [3.63, 3.8) is 0 Å². The monoisotopic (exact) mass is 496 g/mol. The summed E-state index contributed by atoms with van der Waals surface area (Å²) in [5, 5.41) is 6.90. The van der Waals surface area contributed by atoms with Gasteiger partial charge in [0.2, 0.25) is 0 Å². The maximum atomic E-state index is 2.60. The molecule has 4 aromatic carbocycles. The third-order valence-corrected chi connectivity index (χ3v) is 9.72. The Bertz CT molecular complexity index is 1740. The summed E-state index contributed by atoms with van der Waals surface area (Å²) in [6.07, 6.45) is 4.87. The zero-order valence-corrected chi connectivity index (χ0v) is 22.8. The van der Waals surface area contributed by atoms with Crippen LogP contribution in [-0.2, 0) is 12.8 Å². The molecule has 0 atom stereocenters. The highest BCUT2D eigenvalue weighted by Crippen LogP contribution is 2.42. The Kier molecular flexibility index (Phi) is 5.26. The minimum atomic E-state index is 0.812. The zero-order valence-electron chi connectivity index (χ0n) is 20.8. The number of hydrogen-bond donors (Lipinski definition) is 0. The molecule has 0 spiro atoms. The molecule has 0 N–H and O–H groups in total. The van der Waals surface area contributed by atoms with Crippen LogP contribution in [0.4, 0.5) is 0 Å². The Morgan fingerprint density at radius 1 is 0.556 bits per heavy atom. The van der Waals surface area contributed by atoms with Crippen molar-refractivity contribution in [1.82, 2.24) is 9.13 Å². The summed E-state index contributed by atoms with van der Waals surface area (Å²) in [6, 6.07) is 32.2. The highest BCUT2D eigenvalue weighted by Gasteiger charge is 2.25. The van der Waals surface area contributed by atoms with Gasteiger partial charge in [-0.15, -0.1) is 0 Å². The molecule has 4 radical (unpaired) electrons. The van der Waals surface area contributed by atoms with Gasteiger partial charge in [-0.3, -0.25) is 0 Å². The third-order valence-electron chi connectivity index (χ3n) is 7.90. The maximum Gasteiger partial charge on any atom is 0.0788 e. The second-order valence-electron chi connectivity index (χ2n) is 9.77. The number of para-hydroxylation sites is 1. The van der Waals surface area contributed by atoms with Crippen molar-refractivity contribution >= 4 is 62.1 Å². The number of nitrogens with zero attached hydrogens (tertiary/aromatic N) is 2. The van der Waals surface area contributed by atoms with E-state index in [1.165, 1.54) is 79.4 Å². The van der Waals surface area contributed by atoms with Gasteiger partial charge in [-0.2, -0.15) is 0 Å². The Morgan fingerprint density at radius 2 is 1.14 bits per heavy atom. The van der Waals surface area contributed by atoms with Gasteiger partial charge in [-0.1, -0.05) is 78.1 Å². The average Bonchev–Trinajstić information content (AvgIpc) is 3.46. The summed E-state index contributed by atoms with van der Waals surface area (Å²) < 4.78 is 5.12. The molecule has 2 aromatic heterocycles. The van der Waals surface area contributed by atoms with Crippen LogP contribution in [0.5, 0.6) is 0 Å². The number of rotatable bonds is 4. The Balaban J connectivity index is 1.66. The van der Waals surface area contributed by atoms with E-state index in [1.807, 2.05) is 0 Å². The summed E-state index contributed by atoms with van der Waals surface area (Å²) >= 11 is 0. The first kappa shape index (κ1) is 21.9. The van der Waals surface area contributed by atoms with Gasteiger partial charge in [0.15, 0.2) is 0 Å². The summed E-state index contributed by atoms with van der Waals surface area (Å²) in [5.41, 5.74) is 9.56. The van der Waals surface area contributed by atoms with Crippen LogP contribution in [0.3, 0.4) is 0 Å². The minimum absolute atomic E-state index is 0.812. The predicted molar refractivity (Wildman–Crippen MR) is 157 cm³/mol. The molecule has 0 fully saturated rings. The molecule has 0 saturated heterocycles. The lowest BCUT2D eigenvalue weighted by Crippen LogP contribution is -2.12. The molecule has 0 unspecified atom stereocenters. The van der Waals surface area contributed by atoms with E-state index in [9.17, 15) is 0 Å². The predicted octanol–water partition coefficient (Wildman–Crippen LogP) is 6.36. The van der Waals surface area contributed by atoms with Crippen molar-refractivity contribution in [3.05, 3.63) is 96.2 Å². The number of aromatic nitrogens is 2. The summed E-state index contributed by atoms with van der Waals surface area (Å²) in [4.78, 5) is 0. The van der Waals surface area contributed by atoms with E-state index in [1.54, 1.807) is 5.56 Å². The van der Waals surface area contributed by atoms with Gasteiger partial charge in [-0.05, 0) is 61.6 Å². The maximum absolute atomic E-state index is 2.60. The second kappa shape index (κ2) is 8.65. The smallest absolute Gasteiger partial charge is 0.0788 e. The van der Waals surface area contributed by atoms with Crippen molar-refractivity contribution in [3.8, 4) is 11.4 Å². The normalized spacial score (nSPS) is 13.6. The fourth-order valence-electron chi connectivity index (χ4n) is 6.18. The average molecular weight is 497 g/mol. The fraction of sp³-hybridized carbons (Fsp3) is 0.188. The van der Waals surface area contributed by atoms with E-state index in [4.69, 9.17) is 0 Å². The van der Waals surface area contributed by atoms with Gasteiger partial charge < -0.3 is 9.13 Å². The summed E-state index contributed by atoms with van der Waals surface area (Å²) in [7, 11) is 1.63. The second-order valence-corrected chi connectivity index (χ2v) is 11.9. The molecule has 0 bridgehead atoms. The highest BCUT2D eigenvalue weighted by molar-refractivity contribution is 6.52. The van der Waals surface area contributed by atoms with Gasteiger partial charge in [0, 0.05) is 33.2 Å². The lowest BCUT2D eigenvalue weighted by Gasteiger charge is -2.17. The van der Waals surface area contributed by atoms with Crippen molar-refractivity contribution in [2.24, 2.45) is 0 Å². The standard InChI is InChI=1S/C32H28N2Si2/c1-35-23-15-11-21(12-16-23)33-29-9-5-3-7-25(29)27-19-20-28-26-8-4-6-10-30(26)34(32(28)31(27)33)22-13-17-24(36-2)18-14-22/h3,5,7,9,11-20H,4,6,8,10H2,1-2H3. The molecule has 36 heavy (non-hydrogen) atoms. The van der Waals surface area contributed by atoms with Crippen molar-refractivity contribution in [2.75, 3.05) is 0 Å². The molecule has 0 amide bonds. The van der Waals surface area contributed by atoms with Gasteiger partial charge >= 0.3 is 0 Å². The van der Waals surface area contributed by atoms with Crippen LogP contribution in [0.2, 0.25) is 13.1 Å². The van der Waals surface area contributed by atoms with Crippen molar-refractivity contribution in [1.29, 1.82) is 0 Å². The number of hydrogen-bond acceptors (Lipinski definition) is 0. The molecule has 0 aliphatic heterocycles. The highest BCUT2D eigenvalue weighted by atomic mass is 28.2. The Morgan fingerprint density at radius 3 is 1.83 bits per heavy atom. The molecule has 174 valence electrons. The largest absolute Gasteiger partial charge is 0.311 e. The molecule has 6 aromatic rings. The summed E-state index contributed by atoms with van der Waals surface area (Å²) in [5.74, 6) is 0. The van der Waals surface area contributed by atoms with E-state index in [0.29, 0.717) is 0 Å². The Labute approximate surface area is 217 Å². The number of fused-ring (bicyclic) bond motifs is 7. The van der Waals surface area contributed by atoms with Crippen LogP contribution in [0.25, 0.3) is 44.1 Å². The topological polar surface area (TPSA) is 9.86 Å². The van der Waals surface area contributed by atoms with E-state index in [-0.39, 0.29) is 0 Å². The third kappa shape index (κ3) is 3.21. The quantitative estimate of drug-likeness (QED) is 0.251. The van der Waals surface area contributed by atoms with Gasteiger partial charge in [0.1, 0.15) is 0 Å². The Hall–Kier alpha value is -3.35. The van der Waals surface area contributed by atoms with Gasteiger partial charge in [0.05, 0.1) is 35.6 Å². The molecular weight excluding hydrogens is 469 g/mol. The summed E-state index contributed by atoms with van der Waals surface area (Å²) in [6.45, 7) is 4.51. The van der Waals surface area contributed by atoms with Crippen LogP contribution in [0, 0.1) is 0 Å². The van der Waals surface area contributed by atoms with E-state index in [2.05, 4.69) is 107 Å². The molecule has 2 heterocycles. The lowest BCUT2D eigenvalue weighted by atomic mass is 9.95. The van der Waals surface area contributed by atoms with Crippen LogP contribution in [0.15, 0.2) is 84.9 Å². The molecule has 2 nitrogen and oxygen atoms in total. The molecular formula is C32H28N2Si2.